The highest BCUT2D eigenvalue weighted by molar-refractivity contribution is 5.79. The van der Waals surface area contributed by atoms with Crippen LogP contribution in [0.15, 0.2) is 24.3 Å². The molecular formula is C16H23NO4. The first kappa shape index (κ1) is 17.0. The highest BCUT2D eigenvalue weighted by Crippen LogP contribution is 2.20. The van der Waals surface area contributed by atoms with Gasteiger partial charge in [0, 0.05) is 6.42 Å². The zero-order chi connectivity index (χ0) is 15.9. The number of hydrogen-bond acceptors (Lipinski definition) is 4. The van der Waals surface area contributed by atoms with Gasteiger partial charge in [-0.25, -0.2) is 4.79 Å². The van der Waals surface area contributed by atoms with Crippen LogP contribution in [0.1, 0.15) is 39.2 Å². The van der Waals surface area contributed by atoms with E-state index < -0.39 is 11.6 Å². The fraction of sp³-hybridized carbons (Fsp3) is 0.500. The van der Waals surface area contributed by atoms with Gasteiger partial charge in [0.15, 0.2) is 5.60 Å². The summed E-state index contributed by atoms with van der Waals surface area (Å²) in [7, 11) is 0. The van der Waals surface area contributed by atoms with Crippen molar-refractivity contribution in [1.29, 1.82) is 0 Å². The summed E-state index contributed by atoms with van der Waals surface area (Å²) in [6.45, 7) is 5.43. The Labute approximate surface area is 125 Å². The molecule has 0 saturated carbocycles. The number of hydrogen-bond donors (Lipinski definition) is 1. The number of benzene rings is 1. The summed E-state index contributed by atoms with van der Waals surface area (Å²) in [4.78, 5) is 22.4. The smallest absolute Gasteiger partial charge is 0.349 e. The van der Waals surface area contributed by atoms with Crippen LogP contribution in [0, 0.1) is 0 Å². The van der Waals surface area contributed by atoms with Crippen LogP contribution in [0.5, 0.6) is 5.75 Å². The minimum absolute atomic E-state index is 0.286. The molecular weight excluding hydrogens is 270 g/mol. The number of rotatable bonds is 8. The van der Waals surface area contributed by atoms with E-state index in [1.807, 2.05) is 12.1 Å². The predicted molar refractivity (Wildman–Crippen MR) is 79.9 cm³/mol. The first-order valence-electron chi connectivity index (χ1n) is 7.08. The molecule has 0 saturated heterocycles. The van der Waals surface area contributed by atoms with Crippen LogP contribution in [0.4, 0.5) is 0 Å². The summed E-state index contributed by atoms with van der Waals surface area (Å²) in [6.07, 6.45) is 1.89. The van der Waals surface area contributed by atoms with Gasteiger partial charge in [0.1, 0.15) is 5.75 Å². The lowest BCUT2D eigenvalue weighted by atomic mass is 10.1. The van der Waals surface area contributed by atoms with Crippen molar-refractivity contribution in [3.05, 3.63) is 29.8 Å². The summed E-state index contributed by atoms with van der Waals surface area (Å²) < 4.78 is 10.6. The minimum atomic E-state index is -1.02. The van der Waals surface area contributed by atoms with Gasteiger partial charge < -0.3 is 15.2 Å². The van der Waals surface area contributed by atoms with Crippen LogP contribution in [0.25, 0.3) is 0 Å². The van der Waals surface area contributed by atoms with E-state index in [0.717, 1.165) is 18.4 Å². The van der Waals surface area contributed by atoms with Gasteiger partial charge >= 0.3 is 5.97 Å². The van der Waals surface area contributed by atoms with E-state index in [9.17, 15) is 9.59 Å². The highest BCUT2D eigenvalue weighted by Gasteiger charge is 2.31. The molecule has 5 nitrogen and oxygen atoms in total. The van der Waals surface area contributed by atoms with Crippen LogP contribution in [0.3, 0.4) is 0 Å². The summed E-state index contributed by atoms with van der Waals surface area (Å²) in [6, 6.07) is 7.44. The molecule has 0 aliphatic heterocycles. The molecule has 1 amide bonds. The van der Waals surface area contributed by atoms with Gasteiger partial charge in [-0.3, -0.25) is 4.79 Å². The second kappa shape index (κ2) is 7.67. The SMILES string of the molecule is CCOC(=O)C(C)(C)Oc1ccc(CCCC(N)=O)cc1. The molecule has 0 heterocycles. The molecule has 1 aromatic carbocycles. The normalized spacial score (nSPS) is 11.0. The zero-order valence-electron chi connectivity index (χ0n) is 12.8. The second-order valence-electron chi connectivity index (χ2n) is 5.30. The zero-order valence-corrected chi connectivity index (χ0v) is 12.8. The Kier molecular flexibility index (Phi) is 6.21. The number of amides is 1. The second-order valence-corrected chi connectivity index (χ2v) is 5.30. The topological polar surface area (TPSA) is 78.6 Å². The van der Waals surface area contributed by atoms with Gasteiger partial charge in [-0.05, 0) is 51.3 Å². The third-order valence-electron chi connectivity index (χ3n) is 2.95. The molecule has 21 heavy (non-hydrogen) atoms. The Morgan fingerprint density at radius 2 is 1.81 bits per heavy atom. The van der Waals surface area contributed by atoms with Crippen molar-refractivity contribution < 1.29 is 19.1 Å². The van der Waals surface area contributed by atoms with Gasteiger partial charge in [-0.2, -0.15) is 0 Å². The van der Waals surface area contributed by atoms with Crippen LogP contribution < -0.4 is 10.5 Å². The third kappa shape index (κ3) is 5.85. The van der Waals surface area contributed by atoms with Crippen molar-refractivity contribution in [3.63, 3.8) is 0 Å². The molecule has 1 aromatic rings. The number of primary amides is 1. The van der Waals surface area contributed by atoms with E-state index in [1.165, 1.54) is 0 Å². The quantitative estimate of drug-likeness (QED) is 0.745. The molecule has 0 fully saturated rings. The minimum Gasteiger partial charge on any atom is -0.476 e. The van der Waals surface area contributed by atoms with E-state index in [0.29, 0.717) is 18.8 Å². The fourth-order valence-electron chi connectivity index (χ4n) is 1.83. The molecule has 0 bridgehead atoms. The van der Waals surface area contributed by atoms with Crippen molar-refractivity contribution in [1.82, 2.24) is 0 Å². The third-order valence-corrected chi connectivity index (χ3v) is 2.95. The number of carbonyl (C=O) groups is 2. The predicted octanol–water partition coefficient (Wildman–Crippen LogP) is 2.22. The average molecular weight is 293 g/mol. The van der Waals surface area contributed by atoms with E-state index in [-0.39, 0.29) is 5.91 Å². The molecule has 0 aliphatic rings. The van der Waals surface area contributed by atoms with Gasteiger partial charge in [-0.1, -0.05) is 12.1 Å². The molecule has 2 N–H and O–H groups in total. The van der Waals surface area contributed by atoms with Gasteiger partial charge in [0.05, 0.1) is 6.61 Å². The molecule has 5 heteroatoms. The van der Waals surface area contributed by atoms with Crippen LogP contribution in [0.2, 0.25) is 0 Å². The van der Waals surface area contributed by atoms with Crippen LogP contribution in [-0.2, 0) is 20.7 Å². The summed E-state index contributed by atoms with van der Waals surface area (Å²) >= 11 is 0. The lowest BCUT2D eigenvalue weighted by Crippen LogP contribution is -2.39. The summed E-state index contributed by atoms with van der Waals surface area (Å²) in [5, 5.41) is 0. The average Bonchev–Trinajstić information content (AvgIpc) is 2.40. The Balaban J connectivity index is 2.57. The molecule has 0 unspecified atom stereocenters. The summed E-state index contributed by atoms with van der Waals surface area (Å²) in [5.74, 6) is -0.0756. The maximum Gasteiger partial charge on any atom is 0.349 e. The Morgan fingerprint density at radius 3 is 2.33 bits per heavy atom. The first-order valence-corrected chi connectivity index (χ1v) is 7.08. The van der Waals surface area contributed by atoms with E-state index in [1.54, 1.807) is 32.9 Å². The van der Waals surface area contributed by atoms with E-state index in [4.69, 9.17) is 15.2 Å². The fourth-order valence-corrected chi connectivity index (χ4v) is 1.83. The van der Waals surface area contributed by atoms with Crippen LogP contribution >= 0.6 is 0 Å². The molecule has 0 aliphatic carbocycles. The molecule has 0 radical (unpaired) electrons. The molecule has 0 aromatic heterocycles. The van der Waals surface area contributed by atoms with Crippen molar-refractivity contribution >= 4 is 11.9 Å². The van der Waals surface area contributed by atoms with Gasteiger partial charge in [0.2, 0.25) is 5.91 Å². The number of nitrogens with two attached hydrogens (primary N) is 1. The van der Waals surface area contributed by atoms with Gasteiger partial charge in [-0.15, -0.1) is 0 Å². The number of aryl methyl sites for hydroxylation is 1. The number of esters is 1. The van der Waals surface area contributed by atoms with E-state index >= 15 is 0 Å². The molecule has 1 rings (SSSR count). The van der Waals surface area contributed by atoms with Crippen molar-refractivity contribution in [2.24, 2.45) is 5.73 Å². The van der Waals surface area contributed by atoms with Crippen LogP contribution in [-0.4, -0.2) is 24.1 Å². The highest BCUT2D eigenvalue weighted by atomic mass is 16.6. The number of ether oxygens (including phenoxy) is 2. The van der Waals surface area contributed by atoms with Gasteiger partial charge in [0.25, 0.3) is 0 Å². The molecule has 0 atom stereocenters. The van der Waals surface area contributed by atoms with Crippen molar-refractivity contribution in [2.45, 2.75) is 45.6 Å². The molecule has 0 spiro atoms. The summed E-state index contributed by atoms with van der Waals surface area (Å²) in [5.41, 5.74) is 5.17. The monoisotopic (exact) mass is 293 g/mol. The largest absolute Gasteiger partial charge is 0.476 e. The maximum atomic E-state index is 11.8. The Bertz CT molecular complexity index is 480. The van der Waals surface area contributed by atoms with Crippen molar-refractivity contribution in [3.8, 4) is 5.75 Å². The lowest BCUT2D eigenvalue weighted by Gasteiger charge is -2.24. The number of carbonyl (C=O) groups excluding carboxylic acids is 2. The first-order chi connectivity index (χ1) is 9.85. The Hall–Kier alpha value is -2.04. The maximum absolute atomic E-state index is 11.8. The molecule has 116 valence electrons. The Morgan fingerprint density at radius 1 is 1.19 bits per heavy atom. The lowest BCUT2D eigenvalue weighted by molar-refractivity contribution is -0.158. The van der Waals surface area contributed by atoms with E-state index in [2.05, 4.69) is 0 Å². The van der Waals surface area contributed by atoms with Crippen molar-refractivity contribution in [2.75, 3.05) is 6.61 Å². The standard InChI is InChI=1S/C16H23NO4/c1-4-20-15(19)16(2,3)21-13-10-8-12(9-11-13)6-5-7-14(17)18/h8-11H,4-7H2,1-3H3,(H2,17,18).